The average molecular weight is 174 g/mol. The summed E-state index contributed by atoms with van der Waals surface area (Å²) in [4.78, 5) is 0. The Labute approximate surface area is 79.7 Å². The van der Waals surface area contributed by atoms with Crippen LogP contribution in [0.5, 0.6) is 5.75 Å². The van der Waals surface area contributed by atoms with E-state index < -0.39 is 0 Å². The van der Waals surface area contributed by atoms with Crippen molar-refractivity contribution >= 4 is 0 Å². The predicted molar refractivity (Wildman–Crippen MR) is 54.9 cm³/mol. The monoisotopic (exact) mass is 174 g/mol. The molecule has 68 valence electrons. The summed E-state index contributed by atoms with van der Waals surface area (Å²) >= 11 is 0. The zero-order valence-corrected chi connectivity index (χ0v) is 8.35. The van der Waals surface area contributed by atoms with Gasteiger partial charge in [-0.15, -0.1) is 0 Å². The number of benzene rings is 1. The van der Waals surface area contributed by atoms with Crippen molar-refractivity contribution in [1.29, 1.82) is 0 Å². The summed E-state index contributed by atoms with van der Waals surface area (Å²) in [6.07, 6.45) is 0.885. The molecular weight excluding hydrogens is 160 g/mol. The van der Waals surface area contributed by atoms with Gasteiger partial charge in [0.2, 0.25) is 0 Å². The van der Waals surface area contributed by atoms with Crippen LogP contribution in [0.1, 0.15) is 24.5 Å². The van der Waals surface area contributed by atoms with Gasteiger partial charge in [0.05, 0.1) is 7.11 Å². The molecule has 0 heterocycles. The number of aryl methyl sites for hydroxylation is 1. The van der Waals surface area contributed by atoms with Crippen molar-refractivity contribution in [3.05, 3.63) is 29.3 Å². The first-order valence-electron chi connectivity index (χ1n) is 4.41. The normalized spacial score (nSPS) is 8.85. The maximum absolute atomic E-state index is 5.15. The van der Waals surface area contributed by atoms with E-state index in [1.165, 1.54) is 5.56 Å². The molecule has 0 radical (unpaired) electrons. The van der Waals surface area contributed by atoms with Gasteiger partial charge in [0, 0.05) is 12.0 Å². The fraction of sp³-hybridized carbons (Fsp3) is 0.333. The minimum atomic E-state index is 0.875. The van der Waals surface area contributed by atoms with Gasteiger partial charge >= 0.3 is 0 Å². The highest BCUT2D eigenvalue weighted by Crippen LogP contribution is 2.15. The van der Waals surface area contributed by atoms with Crippen molar-refractivity contribution in [2.45, 2.75) is 20.3 Å². The first kappa shape index (κ1) is 9.67. The number of hydrogen-bond donors (Lipinski definition) is 0. The lowest BCUT2D eigenvalue weighted by Crippen LogP contribution is -1.85. The molecule has 1 aromatic rings. The van der Waals surface area contributed by atoms with Crippen LogP contribution in [0, 0.1) is 18.8 Å². The molecule has 0 saturated heterocycles. The van der Waals surface area contributed by atoms with E-state index in [1.807, 2.05) is 26.0 Å². The summed E-state index contributed by atoms with van der Waals surface area (Å²) in [7, 11) is 1.67. The third-order valence-corrected chi connectivity index (χ3v) is 1.70. The van der Waals surface area contributed by atoms with Crippen LogP contribution in [-0.4, -0.2) is 7.11 Å². The van der Waals surface area contributed by atoms with Crippen molar-refractivity contribution < 1.29 is 4.74 Å². The molecule has 0 amide bonds. The van der Waals surface area contributed by atoms with Gasteiger partial charge in [0.1, 0.15) is 5.75 Å². The van der Waals surface area contributed by atoms with E-state index in [2.05, 4.69) is 17.9 Å². The maximum Gasteiger partial charge on any atom is 0.120 e. The Kier molecular flexibility index (Phi) is 3.40. The highest BCUT2D eigenvalue weighted by atomic mass is 16.5. The lowest BCUT2D eigenvalue weighted by molar-refractivity contribution is 0.414. The molecule has 0 unspecified atom stereocenters. The van der Waals surface area contributed by atoms with Crippen molar-refractivity contribution in [2.24, 2.45) is 0 Å². The Morgan fingerprint density at radius 3 is 2.69 bits per heavy atom. The summed E-state index contributed by atoms with van der Waals surface area (Å²) in [6, 6.07) is 6.01. The molecule has 0 bridgehead atoms. The summed E-state index contributed by atoms with van der Waals surface area (Å²) in [5, 5.41) is 0. The van der Waals surface area contributed by atoms with E-state index >= 15 is 0 Å². The van der Waals surface area contributed by atoms with Crippen molar-refractivity contribution in [3.8, 4) is 17.6 Å². The first-order chi connectivity index (χ1) is 6.26. The van der Waals surface area contributed by atoms with Gasteiger partial charge in [0.25, 0.3) is 0 Å². The van der Waals surface area contributed by atoms with Crippen LogP contribution in [0.2, 0.25) is 0 Å². The standard InChI is InChI=1S/C12H14O/c1-4-5-6-11-7-10(2)8-12(9-11)13-3/h7-9H,4H2,1-3H3. The van der Waals surface area contributed by atoms with Crippen LogP contribution in [-0.2, 0) is 0 Å². The van der Waals surface area contributed by atoms with E-state index in [0.29, 0.717) is 0 Å². The lowest BCUT2D eigenvalue weighted by atomic mass is 10.1. The third-order valence-electron chi connectivity index (χ3n) is 1.70. The molecular formula is C12H14O. The van der Waals surface area contributed by atoms with Crippen LogP contribution in [0.4, 0.5) is 0 Å². The van der Waals surface area contributed by atoms with Gasteiger partial charge in [0.15, 0.2) is 0 Å². The highest BCUT2D eigenvalue weighted by molar-refractivity contribution is 5.42. The molecule has 0 aromatic heterocycles. The topological polar surface area (TPSA) is 9.23 Å². The summed E-state index contributed by atoms with van der Waals surface area (Å²) in [5.74, 6) is 6.99. The fourth-order valence-corrected chi connectivity index (χ4v) is 1.13. The maximum atomic E-state index is 5.15. The van der Waals surface area contributed by atoms with Gasteiger partial charge in [-0.05, 0) is 30.7 Å². The Bertz CT molecular complexity index is 342. The molecule has 0 N–H and O–H groups in total. The SMILES string of the molecule is CCC#Cc1cc(C)cc(OC)c1. The van der Waals surface area contributed by atoms with E-state index in [-0.39, 0.29) is 0 Å². The lowest BCUT2D eigenvalue weighted by Gasteiger charge is -2.01. The van der Waals surface area contributed by atoms with Gasteiger partial charge < -0.3 is 4.74 Å². The summed E-state index contributed by atoms with van der Waals surface area (Å²) in [6.45, 7) is 4.08. The Hall–Kier alpha value is -1.42. The number of methoxy groups -OCH3 is 1. The number of rotatable bonds is 1. The summed E-state index contributed by atoms with van der Waals surface area (Å²) < 4.78 is 5.15. The van der Waals surface area contributed by atoms with Crippen LogP contribution in [0.25, 0.3) is 0 Å². The molecule has 1 aromatic carbocycles. The Morgan fingerprint density at radius 2 is 2.08 bits per heavy atom. The van der Waals surface area contributed by atoms with Crippen LogP contribution < -0.4 is 4.74 Å². The van der Waals surface area contributed by atoms with Crippen LogP contribution in [0.3, 0.4) is 0 Å². The molecule has 1 nitrogen and oxygen atoms in total. The van der Waals surface area contributed by atoms with Gasteiger partial charge in [-0.25, -0.2) is 0 Å². The van der Waals surface area contributed by atoms with Crippen molar-refractivity contribution in [3.63, 3.8) is 0 Å². The zero-order valence-electron chi connectivity index (χ0n) is 8.35. The Balaban J connectivity index is 3.01. The van der Waals surface area contributed by atoms with Crippen molar-refractivity contribution in [1.82, 2.24) is 0 Å². The molecule has 0 atom stereocenters. The average Bonchev–Trinajstić information content (AvgIpc) is 2.14. The second-order valence-corrected chi connectivity index (χ2v) is 2.89. The minimum Gasteiger partial charge on any atom is -0.497 e. The molecule has 0 aliphatic carbocycles. The third kappa shape index (κ3) is 2.83. The van der Waals surface area contributed by atoms with Gasteiger partial charge in [-0.3, -0.25) is 0 Å². The van der Waals surface area contributed by atoms with E-state index in [1.54, 1.807) is 7.11 Å². The minimum absolute atomic E-state index is 0.875. The van der Waals surface area contributed by atoms with E-state index in [0.717, 1.165) is 17.7 Å². The smallest absolute Gasteiger partial charge is 0.120 e. The van der Waals surface area contributed by atoms with Gasteiger partial charge in [-0.2, -0.15) is 0 Å². The highest BCUT2D eigenvalue weighted by Gasteiger charge is 1.94. The quantitative estimate of drug-likeness (QED) is 0.595. The van der Waals surface area contributed by atoms with Crippen LogP contribution >= 0.6 is 0 Å². The molecule has 13 heavy (non-hydrogen) atoms. The molecule has 0 fully saturated rings. The van der Waals surface area contributed by atoms with E-state index in [9.17, 15) is 0 Å². The second-order valence-electron chi connectivity index (χ2n) is 2.89. The molecule has 1 heteroatoms. The van der Waals surface area contributed by atoms with Crippen LogP contribution in [0.15, 0.2) is 18.2 Å². The predicted octanol–water partition coefficient (Wildman–Crippen LogP) is 2.77. The van der Waals surface area contributed by atoms with E-state index in [4.69, 9.17) is 4.74 Å². The second kappa shape index (κ2) is 4.57. The molecule has 0 aliphatic heterocycles. The number of ether oxygens (including phenoxy) is 1. The van der Waals surface area contributed by atoms with Crippen molar-refractivity contribution in [2.75, 3.05) is 7.11 Å². The van der Waals surface area contributed by atoms with Gasteiger partial charge in [-0.1, -0.05) is 18.8 Å². The molecule has 0 spiro atoms. The summed E-state index contributed by atoms with van der Waals surface area (Å²) in [5.41, 5.74) is 2.21. The molecule has 0 saturated carbocycles. The number of hydrogen-bond acceptors (Lipinski definition) is 1. The zero-order chi connectivity index (χ0) is 9.68. The fourth-order valence-electron chi connectivity index (χ4n) is 1.13. The largest absolute Gasteiger partial charge is 0.497 e. The molecule has 0 aliphatic rings. The Morgan fingerprint density at radius 1 is 1.31 bits per heavy atom. The first-order valence-corrected chi connectivity index (χ1v) is 4.41. The molecule has 1 rings (SSSR count).